The Bertz CT molecular complexity index is 729. The second-order valence-corrected chi connectivity index (χ2v) is 5.66. The van der Waals surface area contributed by atoms with Crippen LogP contribution in [0, 0.1) is 13.8 Å². The molecular formula is C18H23N2O3+. The molecule has 0 aliphatic heterocycles. The lowest BCUT2D eigenvalue weighted by molar-refractivity contribution is -0.704. The summed E-state index contributed by atoms with van der Waals surface area (Å²) in [5.41, 5.74) is 3.41. The van der Waals surface area contributed by atoms with Crippen LogP contribution in [-0.2, 0) is 11.2 Å². The van der Waals surface area contributed by atoms with Crippen LogP contribution in [0.5, 0.6) is 0 Å². The molecule has 1 N–H and O–H groups in total. The number of pyridine rings is 1. The van der Waals surface area contributed by atoms with Gasteiger partial charge in [-0.2, -0.15) is 4.57 Å². The largest absolute Gasteiger partial charge is 0.465 e. The Balaban J connectivity index is 2.34. The number of hydrogen-bond donors (Lipinski definition) is 1. The van der Waals surface area contributed by atoms with E-state index in [9.17, 15) is 9.59 Å². The average Bonchev–Trinajstić information content (AvgIpc) is 2.87. The molecule has 2 heterocycles. The summed E-state index contributed by atoms with van der Waals surface area (Å²) in [5, 5.41) is 0. The molecule has 122 valence electrons. The number of ketones is 1. The molecule has 2 aromatic heterocycles. The minimum absolute atomic E-state index is 0.0602. The monoisotopic (exact) mass is 315 g/mol. The summed E-state index contributed by atoms with van der Waals surface area (Å²) in [4.78, 5) is 27.7. The number of aryl methyl sites for hydroxylation is 2. The Morgan fingerprint density at radius 1 is 1.26 bits per heavy atom. The summed E-state index contributed by atoms with van der Waals surface area (Å²) < 4.78 is 6.66. The molecule has 5 nitrogen and oxygen atoms in total. The highest BCUT2D eigenvalue weighted by Gasteiger charge is 2.29. The van der Waals surface area contributed by atoms with Crippen molar-refractivity contribution in [1.82, 2.24) is 4.98 Å². The number of ether oxygens (including phenoxy) is 1. The molecule has 2 aromatic rings. The number of rotatable bonds is 5. The van der Waals surface area contributed by atoms with Gasteiger partial charge in [-0.25, -0.2) is 4.79 Å². The Labute approximate surface area is 136 Å². The van der Waals surface area contributed by atoms with Crippen molar-refractivity contribution < 1.29 is 18.9 Å². The van der Waals surface area contributed by atoms with Crippen LogP contribution < -0.4 is 4.57 Å². The molecule has 0 aromatic carbocycles. The summed E-state index contributed by atoms with van der Waals surface area (Å²) in [7, 11) is 1.34. The van der Waals surface area contributed by atoms with E-state index < -0.39 is 5.97 Å². The van der Waals surface area contributed by atoms with Gasteiger partial charge in [-0.1, -0.05) is 6.92 Å². The molecule has 0 aliphatic rings. The number of aromatic nitrogens is 2. The predicted octanol–water partition coefficient (Wildman–Crippen LogP) is 2.71. The van der Waals surface area contributed by atoms with Crippen LogP contribution in [0.1, 0.15) is 57.6 Å². The molecule has 0 bridgehead atoms. The summed E-state index contributed by atoms with van der Waals surface area (Å²) in [6, 6.07) is 3.66. The van der Waals surface area contributed by atoms with Crippen LogP contribution >= 0.6 is 0 Å². The van der Waals surface area contributed by atoms with E-state index in [4.69, 9.17) is 4.74 Å². The van der Waals surface area contributed by atoms with E-state index >= 15 is 0 Å². The first-order chi connectivity index (χ1) is 10.9. The molecule has 0 spiro atoms. The molecule has 0 aliphatic carbocycles. The average molecular weight is 315 g/mol. The van der Waals surface area contributed by atoms with Crippen molar-refractivity contribution in [2.75, 3.05) is 7.11 Å². The molecule has 5 heteroatoms. The number of carbonyl (C=O) groups is 2. The van der Waals surface area contributed by atoms with Crippen molar-refractivity contribution in [3.05, 3.63) is 52.6 Å². The smallest absolute Gasteiger partial charge is 0.339 e. The molecule has 0 amide bonds. The van der Waals surface area contributed by atoms with Gasteiger partial charge in [-0.3, -0.25) is 4.79 Å². The molecule has 1 atom stereocenters. The normalized spacial score (nSPS) is 12.0. The van der Waals surface area contributed by atoms with Crippen LogP contribution in [0.25, 0.3) is 0 Å². The summed E-state index contributed by atoms with van der Waals surface area (Å²) in [6.45, 7) is 7.47. The number of nitrogens with one attached hydrogen (secondary N) is 1. The van der Waals surface area contributed by atoms with Gasteiger partial charge in [0.2, 0.25) is 11.8 Å². The Hall–Kier alpha value is -2.43. The van der Waals surface area contributed by atoms with Crippen LogP contribution in [0.2, 0.25) is 0 Å². The molecule has 0 fully saturated rings. The first kappa shape index (κ1) is 16.9. The van der Waals surface area contributed by atoms with Gasteiger partial charge in [0.15, 0.2) is 12.4 Å². The zero-order valence-corrected chi connectivity index (χ0v) is 14.3. The van der Waals surface area contributed by atoms with E-state index in [-0.39, 0.29) is 11.8 Å². The molecule has 0 saturated heterocycles. The fourth-order valence-corrected chi connectivity index (χ4v) is 2.71. The number of Topliss-reactive ketones (excluding diaryl/α,β-unsaturated/α-hetero) is 1. The number of carbonyl (C=O) groups excluding carboxylic acids is 2. The number of nitrogens with zero attached hydrogens (tertiary/aromatic N) is 1. The third kappa shape index (κ3) is 3.18. The topological polar surface area (TPSA) is 63.0 Å². The van der Waals surface area contributed by atoms with E-state index in [1.54, 1.807) is 13.8 Å². The van der Waals surface area contributed by atoms with Gasteiger partial charge in [-0.05, 0) is 31.4 Å². The summed E-state index contributed by atoms with van der Waals surface area (Å²) in [5.74, 6) is -0.488. The second-order valence-electron chi connectivity index (χ2n) is 5.66. The maximum atomic E-state index is 12.8. The Morgan fingerprint density at radius 2 is 1.87 bits per heavy atom. The number of hydrogen-bond acceptors (Lipinski definition) is 3. The minimum Gasteiger partial charge on any atom is -0.465 e. The highest BCUT2D eigenvalue weighted by atomic mass is 16.5. The van der Waals surface area contributed by atoms with Crippen molar-refractivity contribution in [2.45, 2.75) is 40.2 Å². The van der Waals surface area contributed by atoms with Crippen molar-refractivity contribution in [2.24, 2.45) is 0 Å². The van der Waals surface area contributed by atoms with E-state index in [2.05, 4.69) is 11.9 Å². The van der Waals surface area contributed by atoms with E-state index in [1.165, 1.54) is 12.7 Å². The van der Waals surface area contributed by atoms with E-state index in [1.807, 2.05) is 36.0 Å². The molecular weight excluding hydrogens is 292 g/mol. The van der Waals surface area contributed by atoms with Gasteiger partial charge in [0.1, 0.15) is 0 Å². The standard InChI is InChI=1S/C18H22N2O3/c1-6-14-7-9-20(10-8-14)13(4)17(21)16-11(2)15(12(3)19-16)18(22)23-5/h7-10,13H,6H2,1-5H3/p+1/t13-/m1/s1. The zero-order chi connectivity index (χ0) is 17.1. The first-order valence-corrected chi connectivity index (χ1v) is 7.72. The molecule has 0 unspecified atom stereocenters. The summed E-state index contributed by atoms with van der Waals surface area (Å²) >= 11 is 0. The van der Waals surface area contributed by atoms with Crippen molar-refractivity contribution in [3.8, 4) is 0 Å². The van der Waals surface area contributed by atoms with Crippen LogP contribution in [0.4, 0.5) is 0 Å². The third-order valence-electron chi connectivity index (χ3n) is 4.23. The fourth-order valence-electron chi connectivity index (χ4n) is 2.71. The molecule has 2 rings (SSSR count). The van der Waals surface area contributed by atoms with Crippen molar-refractivity contribution in [3.63, 3.8) is 0 Å². The molecule has 0 radical (unpaired) electrons. The zero-order valence-electron chi connectivity index (χ0n) is 14.3. The molecule has 0 saturated carbocycles. The predicted molar refractivity (Wildman–Crippen MR) is 86.7 cm³/mol. The van der Waals surface area contributed by atoms with Crippen LogP contribution in [0.15, 0.2) is 24.5 Å². The van der Waals surface area contributed by atoms with Gasteiger partial charge in [0.05, 0.1) is 18.4 Å². The molecule has 23 heavy (non-hydrogen) atoms. The Kier molecular flexibility index (Phi) is 4.98. The van der Waals surface area contributed by atoms with Crippen LogP contribution in [0.3, 0.4) is 0 Å². The highest BCUT2D eigenvalue weighted by Crippen LogP contribution is 2.21. The van der Waals surface area contributed by atoms with Gasteiger partial charge in [0, 0.05) is 24.8 Å². The summed E-state index contributed by atoms with van der Waals surface area (Å²) in [6.07, 6.45) is 4.78. The van der Waals surface area contributed by atoms with Crippen LogP contribution in [-0.4, -0.2) is 23.8 Å². The quantitative estimate of drug-likeness (QED) is 0.524. The van der Waals surface area contributed by atoms with Gasteiger partial charge >= 0.3 is 5.97 Å². The van der Waals surface area contributed by atoms with Gasteiger partial charge < -0.3 is 9.72 Å². The second kappa shape index (κ2) is 6.77. The third-order valence-corrected chi connectivity index (χ3v) is 4.23. The Morgan fingerprint density at radius 3 is 2.39 bits per heavy atom. The lowest BCUT2D eigenvalue weighted by atomic mass is 10.0. The number of aromatic amines is 1. The van der Waals surface area contributed by atoms with E-state index in [0.29, 0.717) is 22.5 Å². The van der Waals surface area contributed by atoms with Crippen molar-refractivity contribution in [1.29, 1.82) is 0 Å². The first-order valence-electron chi connectivity index (χ1n) is 7.72. The van der Waals surface area contributed by atoms with Gasteiger partial charge in [0.25, 0.3) is 0 Å². The number of methoxy groups -OCH3 is 1. The fraction of sp³-hybridized carbons (Fsp3) is 0.389. The number of esters is 1. The van der Waals surface area contributed by atoms with Gasteiger partial charge in [-0.15, -0.1) is 0 Å². The van der Waals surface area contributed by atoms with E-state index in [0.717, 1.165) is 6.42 Å². The highest BCUT2D eigenvalue weighted by molar-refractivity contribution is 6.02. The SMILES string of the molecule is CCc1cc[n+]([C@H](C)C(=O)c2[nH]c(C)c(C(=O)OC)c2C)cc1. The lowest BCUT2D eigenvalue weighted by Crippen LogP contribution is -2.42. The minimum atomic E-state index is -0.428. The van der Waals surface area contributed by atoms with Crippen molar-refractivity contribution >= 4 is 11.8 Å². The lowest BCUT2D eigenvalue weighted by Gasteiger charge is -2.07. The maximum absolute atomic E-state index is 12.8. The maximum Gasteiger partial charge on any atom is 0.339 e. The number of H-pyrrole nitrogens is 1.